The van der Waals surface area contributed by atoms with Crippen LogP contribution in [0.4, 0.5) is 11.5 Å². The highest BCUT2D eigenvalue weighted by Gasteiger charge is 2.32. The van der Waals surface area contributed by atoms with Gasteiger partial charge < -0.3 is 16.2 Å². The molecule has 0 aromatic carbocycles. The van der Waals surface area contributed by atoms with E-state index in [1.807, 2.05) is 0 Å². The van der Waals surface area contributed by atoms with Crippen LogP contribution >= 0.6 is 0 Å². The molecule has 8 nitrogen and oxygen atoms in total. The second-order valence-corrected chi connectivity index (χ2v) is 4.49. The lowest BCUT2D eigenvalue weighted by Gasteiger charge is -2.28. The summed E-state index contributed by atoms with van der Waals surface area (Å²) in [7, 11) is 1.42. The Bertz CT molecular complexity index is 587. The van der Waals surface area contributed by atoms with Crippen molar-refractivity contribution in [1.82, 2.24) is 9.88 Å². The largest absolute Gasteiger partial charge is 0.478 e. The molecule has 20 heavy (non-hydrogen) atoms. The van der Waals surface area contributed by atoms with Crippen LogP contribution in [0.1, 0.15) is 23.2 Å². The average Bonchev–Trinajstić information content (AvgIpc) is 2.41. The number of likely N-dealkylation sites (tertiary alicyclic amines) is 1. The van der Waals surface area contributed by atoms with E-state index in [-0.39, 0.29) is 35.3 Å². The highest BCUT2D eigenvalue weighted by Crippen LogP contribution is 2.21. The van der Waals surface area contributed by atoms with Crippen molar-refractivity contribution < 1.29 is 19.5 Å². The highest BCUT2D eigenvalue weighted by molar-refractivity contribution is 6.01. The van der Waals surface area contributed by atoms with E-state index in [4.69, 9.17) is 10.8 Å². The van der Waals surface area contributed by atoms with E-state index in [0.717, 1.165) is 11.1 Å². The molecule has 2 amide bonds. The van der Waals surface area contributed by atoms with Crippen molar-refractivity contribution in [1.29, 1.82) is 0 Å². The number of nitrogens with zero attached hydrogens (tertiary/aromatic N) is 2. The highest BCUT2D eigenvalue weighted by atomic mass is 16.4. The summed E-state index contributed by atoms with van der Waals surface area (Å²) in [5.74, 6) is -1.48. The number of carboxylic acid groups (broad SMARTS) is 1. The van der Waals surface area contributed by atoms with Crippen LogP contribution in [0.15, 0.2) is 12.3 Å². The number of likely N-dealkylation sites (N-methyl/N-ethyl adjacent to an activating group) is 1. The number of aromatic nitrogens is 1. The molecule has 0 bridgehead atoms. The molecule has 1 aromatic heterocycles. The monoisotopic (exact) mass is 278 g/mol. The number of carbonyl (C=O) groups excluding carboxylic acids is 2. The molecular formula is C12H14N4O4. The predicted octanol–water partition coefficient (Wildman–Crippen LogP) is -0.0787. The summed E-state index contributed by atoms with van der Waals surface area (Å²) in [5, 5.41) is 11.7. The first-order valence-corrected chi connectivity index (χ1v) is 5.96. The topological polar surface area (TPSA) is 126 Å². The first-order chi connectivity index (χ1) is 9.40. The Morgan fingerprint density at radius 2 is 2.25 bits per heavy atom. The molecule has 0 radical (unpaired) electrons. The molecule has 0 saturated carbocycles. The number of carbonyl (C=O) groups is 3. The molecule has 1 fully saturated rings. The Kier molecular flexibility index (Phi) is 3.55. The van der Waals surface area contributed by atoms with Crippen LogP contribution in [0.25, 0.3) is 0 Å². The molecule has 2 rings (SSSR count). The zero-order valence-electron chi connectivity index (χ0n) is 10.8. The van der Waals surface area contributed by atoms with Crippen LogP contribution < -0.4 is 11.1 Å². The second kappa shape index (κ2) is 5.16. The van der Waals surface area contributed by atoms with Gasteiger partial charge in [-0.2, -0.15) is 0 Å². The number of nitrogens with two attached hydrogens (primary N) is 1. The number of amides is 2. The van der Waals surface area contributed by atoms with Gasteiger partial charge in [-0.15, -0.1) is 0 Å². The van der Waals surface area contributed by atoms with E-state index in [9.17, 15) is 14.4 Å². The molecule has 8 heteroatoms. The summed E-state index contributed by atoms with van der Waals surface area (Å²) < 4.78 is 0. The van der Waals surface area contributed by atoms with Crippen molar-refractivity contribution in [3.05, 3.63) is 17.8 Å². The van der Waals surface area contributed by atoms with Gasteiger partial charge in [-0.1, -0.05) is 0 Å². The maximum atomic E-state index is 11.9. The number of hydrogen-bond donors (Lipinski definition) is 3. The minimum atomic E-state index is -1.13. The Morgan fingerprint density at radius 3 is 2.85 bits per heavy atom. The SMILES string of the molecule is CN1C(=O)CCC(Nc2ncc(C(=O)O)cc2N)C1=O. The number of rotatable bonds is 3. The number of nitrogens with one attached hydrogen (secondary N) is 1. The summed E-state index contributed by atoms with van der Waals surface area (Å²) in [6, 6.07) is 0.669. The van der Waals surface area contributed by atoms with Gasteiger partial charge in [0.15, 0.2) is 0 Å². The van der Waals surface area contributed by atoms with Crippen LogP contribution in [0.2, 0.25) is 0 Å². The van der Waals surface area contributed by atoms with E-state index in [1.165, 1.54) is 13.1 Å². The molecule has 0 aliphatic carbocycles. The van der Waals surface area contributed by atoms with Gasteiger partial charge >= 0.3 is 5.97 Å². The molecular weight excluding hydrogens is 264 g/mol. The predicted molar refractivity (Wildman–Crippen MR) is 70.0 cm³/mol. The minimum absolute atomic E-state index is 0.0321. The Labute approximate surface area is 114 Å². The van der Waals surface area contributed by atoms with E-state index >= 15 is 0 Å². The third-order valence-corrected chi connectivity index (χ3v) is 3.12. The van der Waals surface area contributed by atoms with E-state index in [2.05, 4.69) is 10.3 Å². The molecule has 0 spiro atoms. The number of nitrogen functional groups attached to an aromatic ring is 1. The van der Waals surface area contributed by atoms with Crippen LogP contribution in [-0.2, 0) is 9.59 Å². The van der Waals surface area contributed by atoms with E-state index in [1.54, 1.807) is 0 Å². The maximum Gasteiger partial charge on any atom is 0.337 e. The molecule has 2 heterocycles. The van der Waals surface area contributed by atoms with Crippen LogP contribution in [-0.4, -0.2) is 45.9 Å². The summed E-state index contributed by atoms with van der Waals surface area (Å²) in [6.07, 6.45) is 1.76. The quantitative estimate of drug-likeness (QED) is 0.660. The van der Waals surface area contributed by atoms with Gasteiger partial charge in [0.25, 0.3) is 5.91 Å². The van der Waals surface area contributed by atoms with Crippen LogP contribution in [0.3, 0.4) is 0 Å². The Balaban J connectivity index is 2.16. The number of piperidine rings is 1. The molecule has 1 saturated heterocycles. The number of aromatic carboxylic acids is 1. The third kappa shape index (κ3) is 2.53. The van der Waals surface area contributed by atoms with Gasteiger partial charge in [-0.3, -0.25) is 14.5 Å². The van der Waals surface area contributed by atoms with Crippen molar-refractivity contribution in [2.24, 2.45) is 0 Å². The molecule has 1 unspecified atom stereocenters. The molecule has 1 aliphatic rings. The van der Waals surface area contributed by atoms with Gasteiger partial charge in [-0.05, 0) is 12.5 Å². The summed E-state index contributed by atoms with van der Waals surface area (Å²) in [5.41, 5.74) is 5.81. The summed E-state index contributed by atoms with van der Waals surface area (Å²) in [6.45, 7) is 0. The smallest absolute Gasteiger partial charge is 0.337 e. The fourth-order valence-corrected chi connectivity index (χ4v) is 1.93. The lowest BCUT2D eigenvalue weighted by molar-refractivity contribution is -0.146. The van der Waals surface area contributed by atoms with Crippen molar-refractivity contribution in [2.75, 3.05) is 18.1 Å². The van der Waals surface area contributed by atoms with Gasteiger partial charge in [-0.25, -0.2) is 9.78 Å². The molecule has 4 N–H and O–H groups in total. The van der Waals surface area contributed by atoms with Crippen molar-refractivity contribution >= 4 is 29.3 Å². The average molecular weight is 278 g/mol. The zero-order valence-corrected chi connectivity index (χ0v) is 10.8. The lowest BCUT2D eigenvalue weighted by atomic mass is 10.0. The summed E-state index contributed by atoms with van der Waals surface area (Å²) in [4.78, 5) is 39.0. The van der Waals surface area contributed by atoms with Crippen LogP contribution in [0, 0.1) is 0 Å². The maximum absolute atomic E-state index is 11.9. The van der Waals surface area contributed by atoms with Gasteiger partial charge in [0.05, 0.1) is 11.3 Å². The first-order valence-electron chi connectivity index (χ1n) is 5.96. The van der Waals surface area contributed by atoms with Crippen molar-refractivity contribution in [2.45, 2.75) is 18.9 Å². The van der Waals surface area contributed by atoms with Crippen molar-refractivity contribution in [3.8, 4) is 0 Å². The molecule has 1 aromatic rings. The van der Waals surface area contributed by atoms with Crippen molar-refractivity contribution in [3.63, 3.8) is 0 Å². The zero-order chi connectivity index (χ0) is 14.9. The normalized spacial score (nSPS) is 19.1. The lowest BCUT2D eigenvalue weighted by Crippen LogP contribution is -2.48. The standard InChI is InChI=1S/C12H14N4O4/c1-16-9(17)3-2-8(11(16)18)15-10-7(13)4-6(5-14-10)12(19)20/h4-5,8H,2-3,13H2,1H3,(H,14,15)(H,19,20). The first kappa shape index (κ1) is 13.8. The molecule has 1 aliphatic heterocycles. The second-order valence-electron chi connectivity index (χ2n) is 4.49. The number of hydrogen-bond acceptors (Lipinski definition) is 6. The number of anilines is 2. The molecule has 1 atom stereocenters. The van der Waals surface area contributed by atoms with Gasteiger partial charge in [0.2, 0.25) is 5.91 Å². The van der Waals surface area contributed by atoms with Crippen LogP contribution in [0.5, 0.6) is 0 Å². The minimum Gasteiger partial charge on any atom is -0.478 e. The number of carboxylic acids is 1. The fraction of sp³-hybridized carbons (Fsp3) is 0.333. The van der Waals surface area contributed by atoms with E-state index in [0.29, 0.717) is 6.42 Å². The van der Waals surface area contributed by atoms with E-state index < -0.39 is 12.0 Å². The number of pyridine rings is 1. The fourth-order valence-electron chi connectivity index (χ4n) is 1.93. The molecule has 106 valence electrons. The number of imide groups is 1. The third-order valence-electron chi connectivity index (χ3n) is 3.12. The summed E-state index contributed by atoms with van der Waals surface area (Å²) >= 11 is 0. The Morgan fingerprint density at radius 1 is 1.55 bits per heavy atom. The van der Waals surface area contributed by atoms with Gasteiger partial charge in [0, 0.05) is 19.7 Å². The van der Waals surface area contributed by atoms with Gasteiger partial charge in [0.1, 0.15) is 11.9 Å². The Hall–Kier alpha value is -2.64.